The molecule has 0 spiro atoms. The molecule has 0 aliphatic rings. The molecule has 0 aliphatic carbocycles. The second-order valence-corrected chi connectivity index (χ2v) is 2.62. The predicted molar refractivity (Wildman–Crippen MR) is 62.2 cm³/mol. The molecule has 8 heteroatoms. The molecule has 0 aromatic heterocycles. The summed E-state index contributed by atoms with van der Waals surface area (Å²) in [6, 6.07) is 0. The number of carboxylic acids is 2. The fourth-order valence-corrected chi connectivity index (χ4v) is 0.537. The molecule has 0 radical (unpaired) electrons. The van der Waals surface area contributed by atoms with Crippen LogP contribution in [-0.4, -0.2) is 47.8 Å². The Morgan fingerprint density at radius 2 is 1.32 bits per heavy atom. The van der Waals surface area contributed by atoms with E-state index < -0.39 is 23.9 Å². The minimum Gasteiger partial charge on any atom is -0.478 e. The molecule has 0 bridgehead atoms. The molecule has 0 amide bonds. The quantitative estimate of drug-likeness (QED) is 0.529. The lowest BCUT2D eigenvalue weighted by Crippen LogP contribution is -2.00. The van der Waals surface area contributed by atoms with Gasteiger partial charge in [0.15, 0.2) is 0 Å². The minimum absolute atomic E-state index is 0.253. The molecular formula is C11H14O8. The van der Waals surface area contributed by atoms with Gasteiger partial charge in [-0.25, -0.2) is 19.2 Å². The second kappa shape index (κ2) is 11.8. The third-order valence-electron chi connectivity index (χ3n) is 1.21. The summed E-state index contributed by atoms with van der Waals surface area (Å²) in [5.74, 6) is -3.63. The molecule has 0 heterocycles. The van der Waals surface area contributed by atoms with Gasteiger partial charge in [0.05, 0.1) is 13.7 Å². The maximum atomic E-state index is 10.4. The maximum Gasteiger partial charge on any atom is 0.330 e. The Hall–Kier alpha value is -2.64. The van der Waals surface area contributed by atoms with Gasteiger partial charge in [-0.3, -0.25) is 0 Å². The highest BCUT2D eigenvalue weighted by molar-refractivity contribution is 5.91. The number of aliphatic carboxylic acids is 2. The SMILES string of the molecule is CCOC(=O)/C=C/C(=O)O.COC(=O)/C=C/C(=O)O. The van der Waals surface area contributed by atoms with Crippen LogP contribution in [0, 0.1) is 0 Å². The van der Waals surface area contributed by atoms with Crippen LogP contribution in [0.1, 0.15) is 6.92 Å². The van der Waals surface area contributed by atoms with Crippen LogP contribution in [0.5, 0.6) is 0 Å². The summed E-state index contributed by atoms with van der Waals surface area (Å²) in [6.45, 7) is 1.90. The second-order valence-electron chi connectivity index (χ2n) is 2.62. The molecule has 0 fully saturated rings. The van der Waals surface area contributed by atoms with Crippen molar-refractivity contribution in [2.45, 2.75) is 6.92 Å². The van der Waals surface area contributed by atoms with E-state index in [4.69, 9.17) is 10.2 Å². The Balaban J connectivity index is 0. The molecular weight excluding hydrogens is 260 g/mol. The molecule has 0 aromatic rings. The largest absolute Gasteiger partial charge is 0.478 e. The number of esters is 2. The number of rotatable bonds is 5. The van der Waals surface area contributed by atoms with Gasteiger partial charge in [-0.1, -0.05) is 0 Å². The van der Waals surface area contributed by atoms with E-state index in [1.165, 1.54) is 7.11 Å². The van der Waals surface area contributed by atoms with Crippen LogP contribution >= 0.6 is 0 Å². The lowest BCUT2D eigenvalue weighted by molar-refractivity contribution is -0.138. The van der Waals surface area contributed by atoms with Gasteiger partial charge in [-0.15, -0.1) is 0 Å². The molecule has 0 aliphatic heterocycles. The monoisotopic (exact) mass is 274 g/mol. The summed E-state index contributed by atoms with van der Waals surface area (Å²) < 4.78 is 8.51. The van der Waals surface area contributed by atoms with Crippen LogP contribution in [0.4, 0.5) is 0 Å². The van der Waals surface area contributed by atoms with Gasteiger partial charge in [-0.05, 0) is 6.92 Å². The normalized spacial score (nSPS) is 9.58. The highest BCUT2D eigenvalue weighted by Crippen LogP contribution is 1.80. The number of carbonyl (C=O) groups excluding carboxylic acids is 2. The van der Waals surface area contributed by atoms with Gasteiger partial charge in [-0.2, -0.15) is 0 Å². The lowest BCUT2D eigenvalue weighted by atomic mass is 10.5. The van der Waals surface area contributed by atoms with Gasteiger partial charge in [0.2, 0.25) is 0 Å². The summed E-state index contributed by atoms with van der Waals surface area (Å²) in [5.41, 5.74) is 0. The fraction of sp³-hybridized carbons (Fsp3) is 0.273. The fourth-order valence-electron chi connectivity index (χ4n) is 0.537. The van der Waals surface area contributed by atoms with Crippen molar-refractivity contribution >= 4 is 23.9 Å². The van der Waals surface area contributed by atoms with Crippen molar-refractivity contribution in [3.8, 4) is 0 Å². The van der Waals surface area contributed by atoms with E-state index in [1.807, 2.05) is 0 Å². The molecule has 106 valence electrons. The van der Waals surface area contributed by atoms with E-state index in [9.17, 15) is 19.2 Å². The molecule has 0 saturated carbocycles. The number of hydrogen-bond acceptors (Lipinski definition) is 6. The van der Waals surface area contributed by atoms with Gasteiger partial charge in [0.25, 0.3) is 0 Å². The van der Waals surface area contributed by atoms with Crippen molar-refractivity contribution in [3.63, 3.8) is 0 Å². The average molecular weight is 274 g/mol. The molecule has 0 atom stereocenters. The maximum absolute atomic E-state index is 10.4. The van der Waals surface area contributed by atoms with Crippen LogP contribution in [0.2, 0.25) is 0 Å². The number of carbonyl (C=O) groups is 4. The number of hydrogen-bond donors (Lipinski definition) is 2. The van der Waals surface area contributed by atoms with E-state index in [0.29, 0.717) is 6.08 Å². The number of methoxy groups -OCH3 is 1. The van der Waals surface area contributed by atoms with Crippen molar-refractivity contribution < 1.29 is 38.9 Å². The van der Waals surface area contributed by atoms with Crippen LogP contribution < -0.4 is 0 Å². The summed E-state index contributed by atoms with van der Waals surface area (Å²) in [6.07, 6.45) is 3.15. The Kier molecular flexibility index (Phi) is 11.7. The topological polar surface area (TPSA) is 127 Å². The summed E-state index contributed by atoms with van der Waals surface area (Å²) in [7, 11) is 1.18. The summed E-state index contributed by atoms with van der Waals surface area (Å²) in [4.78, 5) is 40.1. The first-order valence-electron chi connectivity index (χ1n) is 4.90. The van der Waals surface area contributed by atoms with Gasteiger partial charge >= 0.3 is 23.9 Å². The standard InChI is InChI=1S/C6H8O4.C5H6O4/c1-2-10-6(9)4-3-5(7)8;1-9-5(8)3-2-4(6)7/h3-4H,2H2,1H3,(H,7,8);2-3H,1H3,(H,6,7)/b4-3+;3-2+. The van der Waals surface area contributed by atoms with Crippen molar-refractivity contribution in [1.29, 1.82) is 0 Å². The minimum atomic E-state index is -1.17. The molecule has 8 nitrogen and oxygen atoms in total. The number of carboxylic acid groups (broad SMARTS) is 2. The van der Waals surface area contributed by atoms with Gasteiger partial charge in [0, 0.05) is 24.3 Å². The van der Waals surface area contributed by atoms with Crippen molar-refractivity contribution in [2.24, 2.45) is 0 Å². The lowest BCUT2D eigenvalue weighted by Gasteiger charge is -1.92. The summed E-state index contributed by atoms with van der Waals surface area (Å²) in [5, 5.41) is 16.0. The molecule has 0 aromatic carbocycles. The highest BCUT2D eigenvalue weighted by atomic mass is 16.5. The zero-order valence-electron chi connectivity index (χ0n) is 10.4. The average Bonchev–Trinajstić information content (AvgIpc) is 2.34. The van der Waals surface area contributed by atoms with Gasteiger partial charge in [0.1, 0.15) is 0 Å². The Labute approximate surface area is 108 Å². The predicted octanol–water partition coefficient (Wildman–Crippen LogP) is -0.00950. The van der Waals surface area contributed by atoms with E-state index in [1.54, 1.807) is 6.92 Å². The molecule has 0 unspecified atom stereocenters. The van der Waals surface area contributed by atoms with Crippen molar-refractivity contribution in [3.05, 3.63) is 24.3 Å². The smallest absolute Gasteiger partial charge is 0.330 e. The van der Waals surface area contributed by atoms with Crippen LogP contribution in [0.3, 0.4) is 0 Å². The third kappa shape index (κ3) is 17.9. The Morgan fingerprint density at radius 1 is 0.895 bits per heavy atom. The Morgan fingerprint density at radius 3 is 1.63 bits per heavy atom. The van der Waals surface area contributed by atoms with Crippen LogP contribution in [0.15, 0.2) is 24.3 Å². The first-order valence-corrected chi connectivity index (χ1v) is 4.90. The third-order valence-corrected chi connectivity index (χ3v) is 1.21. The van der Waals surface area contributed by atoms with Crippen LogP contribution in [-0.2, 0) is 28.7 Å². The Bertz CT molecular complexity index is 380. The summed E-state index contributed by atoms with van der Waals surface area (Å²) >= 11 is 0. The van der Waals surface area contributed by atoms with E-state index in [-0.39, 0.29) is 6.61 Å². The first kappa shape index (κ1) is 18.7. The molecule has 0 saturated heterocycles. The zero-order chi connectivity index (χ0) is 15.3. The number of ether oxygens (including phenoxy) is 2. The highest BCUT2D eigenvalue weighted by Gasteiger charge is 1.94. The van der Waals surface area contributed by atoms with E-state index >= 15 is 0 Å². The first-order chi connectivity index (χ1) is 8.83. The van der Waals surface area contributed by atoms with Gasteiger partial charge < -0.3 is 19.7 Å². The van der Waals surface area contributed by atoms with Crippen molar-refractivity contribution in [1.82, 2.24) is 0 Å². The van der Waals surface area contributed by atoms with Crippen LogP contribution in [0.25, 0.3) is 0 Å². The van der Waals surface area contributed by atoms with E-state index in [0.717, 1.165) is 18.2 Å². The molecule has 19 heavy (non-hydrogen) atoms. The molecule has 0 rings (SSSR count). The van der Waals surface area contributed by atoms with Crippen molar-refractivity contribution in [2.75, 3.05) is 13.7 Å². The zero-order valence-corrected chi connectivity index (χ0v) is 10.4. The molecule has 2 N–H and O–H groups in total. The van der Waals surface area contributed by atoms with E-state index in [2.05, 4.69) is 9.47 Å².